The summed E-state index contributed by atoms with van der Waals surface area (Å²) < 4.78 is 18.5. The van der Waals surface area contributed by atoms with Gasteiger partial charge in [-0.25, -0.2) is 14.4 Å². The van der Waals surface area contributed by atoms with Crippen LogP contribution in [-0.2, 0) is 6.42 Å². The normalized spacial score (nSPS) is 10.4. The zero-order valence-electron chi connectivity index (χ0n) is 9.86. The monoisotopic (exact) mass is 266 g/mol. The van der Waals surface area contributed by atoms with E-state index in [4.69, 9.17) is 16.3 Å². The van der Waals surface area contributed by atoms with Gasteiger partial charge in [0.2, 0.25) is 0 Å². The quantitative estimate of drug-likeness (QED) is 0.798. The number of hydrogen-bond donors (Lipinski definition) is 0. The van der Waals surface area contributed by atoms with E-state index in [-0.39, 0.29) is 5.82 Å². The SMILES string of the molecule is COc1ccc(F)cc1-c1ccnc(CCCl)n1. The number of ether oxygens (including phenoxy) is 1. The number of aromatic nitrogens is 2. The summed E-state index contributed by atoms with van der Waals surface area (Å²) in [5.41, 5.74) is 1.23. The highest BCUT2D eigenvalue weighted by Gasteiger charge is 2.09. The minimum Gasteiger partial charge on any atom is -0.496 e. The summed E-state index contributed by atoms with van der Waals surface area (Å²) in [6.45, 7) is 0. The zero-order valence-corrected chi connectivity index (χ0v) is 10.6. The van der Waals surface area contributed by atoms with Gasteiger partial charge in [-0.1, -0.05) is 0 Å². The van der Waals surface area contributed by atoms with Crippen LogP contribution in [0.2, 0.25) is 0 Å². The van der Waals surface area contributed by atoms with Gasteiger partial charge in [0.05, 0.1) is 12.8 Å². The lowest BCUT2D eigenvalue weighted by Crippen LogP contribution is -1.98. The van der Waals surface area contributed by atoms with Crippen LogP contribution in [0.15, 0.2) is 30.5 Å². The van der Waals surface area contributed by atoms with Gasteiger partial charge < -0.3 is 4.74 Å². The topological polar surface area (TPSA) is 35.0 Å². The molecule has 2 aromatic rings. The molecule has 18 heavy (non-hydrogen) atoms. The Labute approximate surface area is 110 Å². The molecule has 94 valence electrons. The first-order valence-electron chi connectivity index (χ1n) is 5.46. The average molecular weight is 267 g/mol. The molecule has 0 radical (unpaired) electrons. The Kier molecular flexibility index (Phi) is 4.10. The van der Waals surface area contributed by atoms with E-state index >= 15 is 0 Å². The standard InChI is InChI=1S/C13H12ClFN2O/c1-18-12-3-2-9(15)8-10(12)11-5-7-16-13(17-11)4-6-14/h2-3,5,7-8H,4,6H2,1H3. The molecule has 0 aliphatic rings. The fraction of sp³-hybridized carbons (Fsp3) is 0.231. The summed E-state index contributed by atoms with van der Waals surface area (Å²) in [7, 11) is 1.54. The lowest BCUT2D eigenvalue weighted by Gasteiger charge is -2.08. The first-order chi connectivity index (χ1) is 8.74. The van der Waals surface area contributed by atoms with Gasteiger partial charge in [-0.05, 0) is 24.3 Å². The number of nitrogens with zero attached hydrogens (tertiary/aromatic N) is 2. The van der Waals surface area contributed by atoms with Gasteiger partial charge in [0.1, 0.15) is 17.4 Å². The second-order valence-corrected chi connectivity index (χ2v) is 4.02. The third kappa shape index (κ3) is 2.76. The van der Waals surface area contributed by atoms with Crippen molar-refractivity contribution >= 4 is 11.6 Å². The van der Waals surface area contributed by atoms with Gasteiger partial charge >= 0.3 is 0 Å². The van der Waals surface area contributed by atoms with Crippen LogP contribution in [0, 0.1) is 5.82 Å². The summed E-state index contributed by atoms with van der Waals surface area (Å²) in [6.07, 6.45) is 2.21. The molecule has 0 aliphatic carbocycles. The highest BCUT2D eigenvalue weighted by Crippen LogP contribution is 2.28. The van der Waals surface area contributed by atoms with E-state index < -0.39 is 0 Å². The second-order valence-electron chi connectivity index (χ2n) is 3.64. The molecule has 1 aromatic carbocycles. The van der Waals surface area contributed by atoms with Crippen molar-refractivity contribution in [1.82, 2.24) is 9.97 Å². The Bertz CT molecular complexity index is 548. The maximum Gasteiger partial charge on any atom is 0.130 e. The van der Waals surface area contributed by atoms with Crippen molar-refractivity contribution in [2.75, 3.05) is 13.0 Å². The molecular formula is C13H12ClFN2O. The Morgan fingerprint density at radius 3 is 2.89 bits per heavy atom. The predicted octanol–water partition coefficient (Wildman–Crippen LogP) is 3.07. The zero-order chi connectivity index (χ0) is 13.0. The molecule has 0 unspecified atom stereocenters. The summed E-state index contributed by atoms with van der Waals surface area (Å²) >= 11 is 5.65. The minimum absolute atomic E-state index is 0.330. The molecule has 0 bridgehead atoms. The van der Waals surface area contributed by atoms with Crippen LogP contribution in [0.3, 0.4) is 0 Å². The van der Waals surface area contributed by atoms with E-state index in [0.29, 0.717) is 35.1 Å². The van der Waals surface area contributed by atoms with Crippen molar-refractivity contribution in [3.05, 3.63) is 42.1 Å². The molecule has 0 amide bonds. The lowest BCUT2D eigenvalue weighted by molar-refractivity contribution is 0.415. The van der Waals surface area contributed by atoms with E-state index in [1.807, 2.05) is 0 Å². The summed E-state index contributed by atoms with van der Waals surface area (Å²) in [5.74, 6) is 1.33. The Morgan fingerprint density at radius 2 is 2.17 bits per heavy atom. The largest absolute Gasteiger partial charge is 0.496 e. The third-order valence-corrected chi connectivity index (χ3v) is 2.65. The fourth-order valence-corrected chi connectivity index (χ4v) is 1.80. The third-order valence-electron chi connectivity index (χ3n) is 2.46. The van der Waals surface area contributed by atoms with E-state index in [1.165, 1.54) is 19.2 Å². The van der Waals surface area contributed by atoms with E-state index in [0.717, 1.165) is 0 Å². The first-order valence-corrected chi connectivity index (χ1v) is 6.00. The van der Waals surface area contributed by atoms with Gasteiger partial charge in [-0.3, -0.25) is 0 Å². The molecule has 0 fully saturated rings. The molecule has 0 spiro atoms. The fourth-order valence-electron chi connectivity index (χ4n) is 1.63. The lowest BCUT2D eigenvalue weighted by atomic mass is 10.1. The van der Waals surface area contributed by atoms with Crippen molar-refractivity contribution in [3.63, 3.8) is 0 Å². The molecule has 0 atom stereocenters. The molecule has 0 saturated heterocycles. The predicted molar refractivity (Wildman–Crippen MR) is 68.4 cm³/mol. The first kappa shape index (κ1) is 12.8. The number of aryl methyl sites for hydroxylation is 1. The average Bonchev–Trinajstić information content (AvgIpc) is 2.39. The Morgan fingerprint density at radius 1 is 1.33 bits per heavy atom. The molecule has 2 rings (SSSR count). The summed E-state index contributed by atoms with van der Waals surface area (Å²) in [6, 6.07) is 6.04. The highest BCUT2D eigenvalue weighted by molar-refractivity contribution is 6.17. The van der Waals surface area contributed by atoms with Gasteiger partial charge in [0.25, 0.3) is 0 Å². The summed E-state index contributed by atoms with van der Waals surface area (Å²) in [5, 5.41) is 0. The van der Waals surface area contributed by atoms with Gasteiger partial charge in [-0.2, -0.15) is 0 Å². The van der Waals surface area contributed by atoms with Crippen LogP contribution in [0.1, 0.15) is 5.82 Å². The van der Waals surface area contributed by atoms with Crippen molar-refractivity contribution in [1.29, 1.82) is 0 Å². The van der Waals surface area contributed by atoms with Gasteiger partial charge in [0, 0.05) is 24.1 Å². The van der Waals surface area contributed by atoms with Crippen LogP contribution in [0.25, 0.3) is 11.3 Å². The van der Waals surface area contributed by atoms with E-state index in [2.05, 4.69) is 9.97 Å². The van der Waals surface area contributed by atoms with Crippen LogP contribution in [-0.4, -0.2) is 23.0 Å². The van der Waals surface area contributed by atoms with Gasteiger partial charge in [-0.15, -0.1) is 11.6 Å². The second kappa shape index (κ2) is 5.78. The van der Waals surface area contributed by atoms with Crippen LogP contribution < -0.4 is 4.74 Å². The molecule has 5 heteroatoms. The Balaban J connectivity index is 2.47. The van der Waals surface area contributed by atoms with Crippen LogP contribution in [0.5, 0.6) is 5.75 Å². The molecule has 0 aliphatic heterocycles. The molecular weight excluding hydrogens is 255 g/mol. The number of benzene rings is 1. The molecule has 3 nitrogen and oxygen atoms in total. The number of hydrogen-bond acceptors (Lipinski definition) is 3. The van der Waals surface area contributed by atoms with Crippen molar-refractivity contribution in [2.24, 2.45) is 0 Å². The molecule has 1 aromatic heterocycles. The van der Waals surface area contributed by atoms with Crippen molar-refractivity contribution in [3.8, 4) is 17.0 Å². The van der Waals surface area contributed by atoms with Crippen molar-refractivity contribution < 1.29 is 9.13 Å². The number of alkyl halides is 1. The van der Waals surface area contributed by atoms with E-state index in [9.17, 15) is 4.39 Å². The molecule has 0 N–H and O–H groups in total. The Hall–Kier alpha value is -1.68. The maximum absolute atomic E-state index is 13.3. The summed E-state index contributed by atoms with van der Waals surface area (Å²) in [4.78, 5) is 8.44. The number of methoxy groups -OCH3 is 1. The number of rotatable bonds is 4. The maximum atomic E-state index is 13.3. The van der Waals surface area contributed by atoms with Crippen LogP contribution in [0.4, 0.5) is 4.39 Å². The van der Waals surface area contributed by atoms with Gasteiger partial charge in [0.15, 0.2) is 0 Å². The smallest absolute Gasteiger partial charge is 0.130 e. The molecule has 1 heterocycles. The number of halogens is 2. The molecule has 0 saturated carbocycles. The minimum atomic E-state index is -0.330. The van der Waals surface area contributed by atoms with Crippen LogP contribution >= 0.6 is 11.6 Å². The van der Waals surface area contributed by atoms with Crippen molar-refractivity contribution in [2.45, 2.75) is 6.42 Å². The highest BCUT2D eigenvalue weighted by atomic mass is 35.5. The van der Waals surface area contributed by atoms with E-state index in [1.54, 1.807) is 18.3 Å².